The molecule has 0 spiro atoms. The van der Waals surface area contributed by atoms with E-state index in [1.807, 2.05) is 0 Å². The van der Waals surface area contributed by atoms with Crippen LogP contribution in [0.3, 0.4) is 0 Å². The Bertz CT molecular complexity index is 3450. The van der Waals surface area contributed by atoms with E-state index in [9.17, 15) is 0 Å². The lowest BCUT2D eigenvalue weighted by molar-refractivity contribution is 0.670. The average Bonchev–Trinajstić information content (AvgIpc) is 3.69. The van der Waals surface area contributed by atoms with Crippen LogP contribution in [0.4, 0.5) is 17.1 Å². The molecule has 0 aliphatic carbocycles. The highest BCUT2D eigenvalue weighted by molar-refractivity contribution is 6.27. The van der Waals surface area contributed by atoms with Gasteiger partial charge in [-0.15, -0.1) is 0 Å². The molecule has 0 saturated heterocycles. The number of nitrogens with zero attached hydrogens (tertiary/aromatic N) is 1. The van der Waals surface area contributed by atoms with Crippen molar-refractivity contribution in [1.29, 1.82) is 0 Å². The van der Waals surface area contributed by atoms with Gasteiger partial charge in [-0.2, -0.15) is 0 Å². The molecule has 0 amide bonds. The first-order valence-corrected chi connectivity index (χ1v) is 20.6. The highest BCUT2D eigenvalue weighted by Gasteiger charge is 2.20. The quantitative estimate of drug-likeness (QED) is 0.157. The van der Waals surface area contributed by atoms with Gasteiger partial charge in [-0.1, -0.05) is 170 Å². The van der Waals surface area contributed by atoms with E-state index in [0.717, 1.165) is 50.1 Å². The van der Waals surface area contributed by atoms with Gasteiger partial charge in [0.2, 0.25) is 0 Å². The largest absolute Gasteiger partial charge is 0.455 e. The highest BCUT2D eigenvalue weighted by Crippen LogP contribution is 2.45. The van der Waals surface area contributed by atoms with Crippen molar-refractivity contribution in [1.82, 2.24) is 0 Å². The third kappa shape index (κ3) is 5.57. The van der Waals surface area contributed by atoms with Crippen molar-refractivity contribution in [2.24, 2.45) is 0 Å². The van der Waals surface area contributed by atoms with Crippen molar-refractivity contribution in [3.05, 3.63) is 224 Å². The van der Waals surface area contributed by atoms with Crippen LogP contribution in [0.5, 0.6) is 0 Å². The van der Waals surface area contributed by atoms with E-state index in [-0.39, 0.29) is 0 Å². The average molecular weight is 764 g/mol. The maximum absolute atomic E-state index is 7.11. The first kappa shape index (κ1) is 34.1. The Balaban J connectivity index is 1.05. The number of hydrogen-bond acceptors (Lipinski definition) is 2. The smallest absolute Gasteiger partial charge is 0.143 e. The van der Waals surface area contributed by atoms with Gasteiger partial charge in [0.25, 0.3) is 0 Å². The summed E-state index contributed by atoms with van der Waals surface area (Å²) < 4.78 is 7.11. The number of furan rings is 1. The zero-order valence-electron chi connectivity index (χ0n) is 32.7. The van der Waals surface area contributed by atoms with Gasteiger partial charge in [0.15, 0.2) is 0 Å². The highest BCUT2D eigenvalue weighted by atomic mass is 16.3. The van der Waals surface area contributed by atoms with Crippen molar-refractivity contribution in [3.8, 4) is 33.4 Å². The Hall–Kier alpha value is -7.94. The van der Waals surface area contributed by atoms with Gasteiger partial charge in [0, 0.05) is 39.5 Å². The van der Waals surface area contributed by atoms with Gasteiger partial charge < -0.3 is 9.32 Å². The van der Waals surface area contributed by atoms with Crippen LogP contribution in [0.2, 0.25) is 0 Å². The molecule has 11 aromatic carbocycles. The van der Waals surface area contributed by atoms with Gasteiger partial charge in [0.05, 0.1) is 0 Å². The van der Waals surface area contributed by atoms with Crippen LogP contribution in [0.15, 0.2) is 229 Å². The molecule has 2 heteroatoms. The molecule has 12 aromatic rings. The fourth-order valence-electron chi connectivity index (χ4n) is 9.37. The SMILES string of the molecule is c1ccc(-c2ccc(N(c3ccc(-c4ccccc4)cc3)c3ccc4c(c3)oc3c(-c5ccc6c7ccccc7c7ccccc7c6c5)c5ccccc5cc34)cc2)cc1. The monoisotopic (exact) mass is 763 g/mol. The molecule has 0 unspecified atom stereocenters. The van der Waals surface area contributed by atoms with Gasteiger partial charge in [-0.05, 0) is 119 Å². The lowest BCUT2D eigenvalue weighted by Gasteiger charge is -2.26. The number of fused-ring (bicyclic) bond motifs is 10. The lowest BCUT2D eigenvalue weighted by Crippen LogP contribution is -2.09. The summed E-state index contributed by atoms with van der Waals surface area (Å²) in [6, 6.07) is 81.0. The van der Waals surface area contributed by atoms with E-state index in [2.05, 4.69) is 229 Å². The predicted octanol–water partition coefficient (Wildman–Crippen LogP) is 16.7. The van der Waals surface area contributed by atoms with Crippen molar-refractivity contribution in [2.45, 2.75) is 0 Å². The van der Waals surface area contributed by atoms with Gasteiger partial charge in [-0.25, -0.2) is 0 Å². The van der Waals surface area contributed by atoms with Gasteiger partial charge in [-0.3, -0.25) is 0 Å². The van der Waals surface area contributed by atoms with Crippen LogP contribution in [-0.2, 0) is 0 Å². The molecule has 1 aromatic heterocycles. The third-order valence-corrected chi connectivity index (χ3v) is 12.2. The molecule has 0 N–H and O–H groups in total. The second kappa shape index (κ2) is 13.9. The molecular weight excluding hydrogens is 727 g/mol. The Morgan fingerprint density at radius 3 is 1.28 bits per heavy atom. The number of rotatable bonds is 6. The zero-order valence-corrected chi connectivity index (χ0v) is 32.7. The first-order valence-electron chi connectivity index (χ1n) is 20.6. The van der Waals surface area contributed by atoms with Gasteiger partial charge >= 0.3 is 0 Å². The number of benzene rings is 11. The number of hydrogen-bond donors (Lipinski definition) is 0. The summed E-state index contributed by atoms with van der Waals surface area (Å²) in [4.78, 5) is 2.33. The molecule has 0 radical (unpaired) electrons. The van der Waals surface area contributed by atoms with E-state index in [4.69, 9.17) is 4.42 Å². The summed E-state index contributed by atoms with van der Waals surface area (Å²) in [5.74, 6) is 0. The maximum atomic E-state index is 7.11. The van der Waals surface area contributed by atoms with Crippen LogP contribution in [0.25, 0.3) is 98.4 Å². The minimum absolute atomic E-state index is 0.850. The summed E-state index contributed by atoms with van der Waals surface area (Å²) in [5, 5.41) is 12.1. The normalized spacial score (nSPS) is 11.7. The van der Waals surface area contributed by atoms with Crippen molar-refractivity contribution < 1.29 is 4.42 Å². The minimum Gasteiger partial charge on any atom is -0.455 e. The maximum Gasteiger partial charge on any atom is 0.143 e. The number of anilines is 3. The second-order valence-corrected chi connectivity index (χ2v) is 15.6. The van der Waals surface area contributed by atoms with E-state index in [0.29, 0.717) is 0 Å². The molecule has 0 atom stereocenters. The predicted molar refractivity (Wildman–Crippen MR) is 255 cm³/mol. The lowest BCUT2D eigenvalue weighted by atomic mass is 9.90. The summed E-state index contributed by atoms with van der Waals surface area (Å²) in [6.07, 6.45) is 0. The Morgan fingerprint density at radius 1 is 0.267 bits per heavy atom. The molecule has 0 saturated carbocycles. The minimum atomic E-state index is 0.850. The molecule has 60 heavy (non-hydrogen) atoms. The molecule has 2 nitrogen and oxygen atoms in total. The molecule has 0 aliphatic heterocycles. The Morgan fingerprint density at radius 2 is 0.700 bits per heavy atom. The third-order valence-electron chi connectivity index (χ3n) is 12.2. The molecule has 1 heterocycles. The van der Waals surface area contributed by atoms with Crippen molar-refractivity contribution in [2.75, 3.05) is 4.90 Å². The Kier molecular flexibility index (Phi) is 7.89. The fourth-order valence-corrected chi connectivity index (χ4v) is 9.37. The summed E-state index contributed by atoms with van der Waals surface area (Å²) >= 11 is 0. The zero-order chi connectivity index (χ0) is 39.6. The van der Waals surface area contributed by atoms with Crippen molar-refractivity contribution >= 4 is 82.1 Å². The van der Waals surface area contributed by atoms with Crippen LogP contribution in [0.1, 0.15) is 0 Å². The molecule has 12 rings (SSSR count). The van der Waals surface area contributed by atoms with Crippen LogP contribution >= 0.6 is 0 Å². The second-order valence-electron chi connectivity index (χ2n) is 15.6. The van der Waals surface area contributed by atoms with E-state index < -0.39 is 0 Å². The molecule has 280 valence electrons. The van der Waals surface area contributed by atoms with E-state index >= 15 is 0 Å². The first-order chi connectivity index (χ1) is 29.7. The summed E-state index contributed by atoms with van der Waals surface area (Å²) in [6.45, 7) is 0. The standard InChI is InChI=1S/C58H37NO/c1-3-13-38(14-4-1)40-23-28-44(29-24-40)59(45-30-25-41(26-31-45)39-15-5-2-6-16-39)46-32-34-53-55-35-42-17-7-8-18-47(42)57(58(55)60-56(53)37-46)43-27-33-52-50-21-10-9-19-48(50)49-20-11-12-22-51(49)54(52)36-43/h1-37H. The fraction of sp³-hybridized carbons (Fsp3) is 0. The molecule has 0 bridgehead atoms. The molecule has 0 aliphatic rings. The Labute approximate surface area is 347 Å². The van der Waals surface area contributed by atoms with Crippen LogP contribution in [0, 0.1) is 0 Å². The van der Waals surface area contributed by atoms with E-state index in [1.54, 1.807) is 0 Å². The van der Waals surface area contributed by atoms with Crippen LogP contribution in [-0.4, -0.2) is 0 Å². The van der Waals surface area contributed by atoms with Gasteiger partial charge in [0.1, 0.15) is 11.2 Å². The molecular formula is C58H37NO. The molecule has 0 fully saturated rings. The summed E-state index contributed by atoms with van der Waals surface area (Å²) in [5.41, 5.74) is 11.9. The van der Waals surface area contributed by atoms with Crippen molar-refractivity contribution in [3.63, 3.8) is 0 Å². The van der Waals surface area contributed by atoms with Crippen LogP contribution < -0.4 is 4.90 Å². The van der Waals surface area contributed by atoms with E-state index in [1.165, 1.54) is 65.3 Å². The topological polar surface area (TPSA) is 16.4 Å². The summed E-state index contributed by atoms with van der Waals surface area (Å²) in [7, 11) is 0.